The maximum Gasteiger partial charge on any atom is 0.241 e. The third kappa shape index (κ3) is 3.26. The van der Waals surface area contributed by atoms with Crippen molar-refractivity contribution in [1.82, 2.24) is 10.2 Å². The summed E-state index contributed by atoms with van der Waals surface area (Å²) >= 11 is 3.79. The summed E-state index contributed by atoms with van der Waals surface area (Å²) in [5, 5.41) is 2.50. The van der Waals surface area contributed by atoms with Crippen molar-refractivity contribution in [3.05, 3.63) is 0 Å². The molecule has 1 rings (SSSR count). The van der Waals surface area contributed by atoms with E-state index in [4.69, 9.17) is 0 Å². The molecule has 0 spiro atoms. The van der Waals surface area contributed by atoms with Crippen molar-refractivity contribution in [3.63, 3.8) is 0 Å². The first-order chi connectivity index (χ1) is 6.24. The molecule has 1 saturated heterocycles. The van der Waals surface area contributed by atoms with E-state index in [0.29, 0.717) is 0 Å². The molecule has 0 aromatic carbocycles. The highest BCUT2D eigenvalue weighted by Crippen LogP contribution is 2.06. The van der Waals surface area contributed by atoms with Gasteiger partial charge in [0.2, 0.25) is 11.8 Å². The molecule has 13 heavy (non-hydrogen) atoms. The molecule has 1 aliphatic rings. The van der Waals surface area contributed by atoms with Crippen LogP contribution in [0.5, 0.6) is 0 Å². The predicted molar refractivity (Wildman–Crippen MR) is 52.7 cm³/mol. The number of likely N-dealkylation sites (tertiary alicyclic amines) is 1. The van der Waals surface area contributed by atoms with Crippen LogP contribution in [-0.2, 0) is 9.59 Å². The Hall–Kier alpha value is -0.710. The van der Waals surface area contributed by atoms with Gasteiger partial charge in [0.25, 0.3) is 0 Å². The fourth-order valence-corrected chi connectivity index (χ4v) is 1.42. The number of carbonyl (C=O) groups is 2. The van der Waals surface area contributed by atoms with Gasteiger partial charge in [-0.25, -0.2) is 0 Å². The van der Waals surface area contributed by atoms with Crippen LogP contribution in [0.2, 0.25) is 0 Å². The van der Waals surface area contributed by atoms with Crippen molar-refractivity contribution in [2.24, 2.45) is 0 Å². The molecule has 1 aliphatic heterocycles. The zero-order valence-electron chi connectivity index (χ0n) is 7.45. The minimum Gasteiger partial charge on any atom is -0.346 e. The highest BCUT2D eigenvalue weighted by molar-refractivity contribution is 7.81. The monoisotopic (exact) mass is 202 g/mol. The number of amides is 2. The topological polar surface area (TPSA) is 49.4 Å². The standard InChI is InChI=1S/C8H14N2O2S/c11-7(6-13)9-5-8(12)10-3-1-2-4-10/h13H,1-6H2,(H,9,11). The van der Waals surface area contributed by atoms with Gasteiger partial charge in [-0.05, 0) is 12.8 Å². The zero-order valence-corrected chi connectivity index (χ0v) is 8.35. The lowest BCUT2D eigenvalue weighted by Crippen LogP contribution is -2.39. The summed E-state index contributed by atoms with van der Waals surface area (Å²) in [5.41, 5.74) is 0. The molecule has 0 aliphatic carbocycles. The molecule has 1 heterocycles. The lowest BCUT2D eigenvalue weighted by atomic mass is 10.4. The predicted octanol–water partition coefficient (Wildman–Crippen LogP) is -0.345. The van der Waals surface area contributed by atoms with Crippen LogP contribution in [0, 0.1) is 0 Å². The van der Waals surface area contributed by atoms with Crippen molar-refractivity contribution in [3.8, 4) is 0 Å². The van der Waals surface area contributed by atoms with Crippen molar-refractivity contribution >= 4 is 24.4 Å². The van der Waals surface area contributed by atoms with E-state index >= 15 is 0 Å². The average Bonchev–Trinajstić information content (AvgIpc) is 2.66. The Morgan fingerprint density at radius 2 is 1.92 bits per heavy atom. The average molecular weight is 202 g/mol. The van der Waals surface area contributed by atoms with E-state index in [1.165, 1.54) is 0 Å². The maximum absolute atomic E-state index is 11.4. The lowest BCUT2D eigenvalue weighted by Gasteiger charge is -2.14. The van der Waals surface area contributed by atoms with Gasteiger partial charge in [0, 0.05) is 13.1 Å². The van der Waals surface area contributed by atoms with Gasteiger partial charge in [-0.3, -0.25) is 9.59 Å². The highest BCUT2D eigenvalue weighted by atomic mass is 32.1. The van der Waals surface area contributed by atoms with Gasteiger partial charge in [0.05, 0.1) is 12.3 Å². The number of nitrogens with zero attached hydrogens (tertiary/aromatic N) is 1. The van der Waals surface area contributed by atoms with Gasteiger partial charge in [-0.2, -0.15) is 12.6 Å². The van der Waals surface area contributed by atoms with E-state index in [1.807, 2.05) is 0 Å². The van der Waals surface area contributed by atoms with Crippen LogP contribution < -0.4 is 5.32 Å². The Labute approximate surface area is 83.1 Å². The summed E-state index contributed by atoms with van der Waals surface area (Å²) in [4.78, 5) is 23.9. The molecule has 1 N–H and O–H groups in total. The first-order valence-electron chi connectivity index (χ1n) is 4.39. The molecular formula is C8H14N2O2S. The van der Waals surface area contributed by atoms with Gasteiger partial charge < -0.3 is 10.2 Å². The van der Waals surface area contributed by atoms with Crippen LogP contribution in [0.15, 0.2) is 0 Å². The van der Waals surface area contributed by atoms with Crippen molar-refractivity contribution in [1.29, 1.82) is 0 Å². The molecule has 0 unspecified atom stereocenters. The van der Waals surface area contributed by atoms with Crippen molar-refractivity contribution < 1.29 is 9.59 Å². The number of rotatable bonds is 3. The first kappa shape index (κ1) is 10.4. The second-order valence-corrected chi connectivity index (χ2v) is 3.34. The Morgan fingerprint density at radius 3 is 2.46 bits per heavy atom. The summed E-state index contributed by atoms with van der Waals surface area (Å²) in [6.45, 7) is 1.77. The quantitative estimate of drug-likeness (QED) is 0.615. The summed E-state index contributed by atoms with van der Waals surface area (Å²) in [5.74, 6) is -0.0590. The molecule has 0 aromatic heterocycles. The molecule has 0 bridgehead atoms. The molecule has 0 saturated carbocycles. The highest BCUT2D eigenvalue weighted by Gasteiger charge is 2.17. The molecule has 0 radical (unpaired) electrons. The normalized spacial score (nSPS) is 15.9. The van der Waals surface area contributed by atoms with Crippen LogP contribution in [-0.4, -0.2) is 42.1 Å². The van der Waals surface area contributed by atoms with Gasteiger partial charge in [0.15, 0.2) is 0 Å². The number of thiol groups is 1. The fourth-order valence-electron chi connectivity index (χ4n) is 1.31. The van der Waals surface area contributed by atoms with E-state index in [-0.39, 0.29) is 24.1 Å². The largest absolute Gasteiger partial charge is 0.346 e. The van der Waals surface area contributed by atoms with Crippen LogP contribution in [0.1, 0.15) is 12.8 Å². The Kier molecular flexibility index (Phi) is 4.08. The fraction of sp³-hybridized carbons (Fsp3) is 0.750. The summed E-state index contributed by atoms with van der Waals surface area (Å²) in [6, 6.07) is 0. The van der Waals surface area contributed by atoms with E-state index in [0.717, 1.165) is 25.9 Å². The van der Waals surface area contributed by atoms with Gasteiger partial charge >= 0.3 is 0 Å². The van der Waals surface area contributed by atoms with Crippen molar-refractivity contribution in [2.45, 2.75) is 12.8 Å². The number of nitrogens with one attached hydrogen (secondary N) is 1. The molecule has 0 aromatic rings. The Balaban J connectivity index is 2.20. The zero-order chi connectivity index (χ0) is 9.68. The van der Waals surface area contributed by atoms with Crippen LogP contribution in [0.25, 0.3) is 0 Å². The minimum atomic E-state index is -0.198. The summed E-state index contributed by atoms with van der Waals surface area (Å²) < 4.78 is 0. The van der Waals surface area contributed by atoms with Crippen LogP contribution in [0.4, 0.5) is 0 Å². The van der Waals surface area contributed by atoms with E-state index < -0.39 is 0 Å². The Bertz CT molecular complexity index is 202. The SMILES string of the molecule is O=C(CS)NCC(=O)N1CCCC1. The number of hydrogen-bond acceptors (Lipinski definition) is 3. The van der Waals surface area contributed by atoms with Crippen LogP contribution >= 0.6 is 12.6 Å². The molecule has 1 fully saturated rings. The number of hydrogen-bond donors (Lipinski definition) is 2. The first-order valence-corrected chi connectivity index (χ1v) is 5.02. The molecule has 4 nitrogen and oxygen atoms in total. The van der Waals surface area contributed by atoms with E-state index in [9.17, 15) is 9.59 Å². The Morgan fingerprint density at radius 1 is 1.31 bits per heavy atom. The molecular weight excluding hydrogens is 188 g/mol. The lowest BCUT2D eigenvalue weighted by molar-refractivity contribution is -0.131. The van der Waals surface area contributed by atoms with E-state index in [1.54, 1.807) is 4.90 Å². The van der Waals surface area contributed by atoms with Crippen LogP contribution in [0.3, 0.4) is 0 Å². The van der Waals surface area contributed by atoms with Gasteiger partial charge in [-0.1, -0.05) is 0 Å². The minimum absolute atomic E-state index is 0.00707. The summed E-state index contributed by atoms with van der Waals surface area (Å²) in [7, 11) is 0. The molecule has 0 atom stereocenters. The molecule has 74 valence electrons. The van der Waals surface area contributed by atoms with Gasteiger partial charge in [0.1, 0.15) is 0 Å². The molecule has 2 amide bonds. The summed E-state index contributed by atoms with van der Waals surface area (Å²) in [6.07, 6.45) is 2.15. The third-order valence-corrected chi connectivity index (χ3v) is 2.33. The third-order valence-electron chi connectivity index (χ3n) is 2.04. The van der Waals surface area contributed by atoms with Crippen molar-refractivity contribution in [2.75, 3.05) is 25.4 Å². The van der Waals surface area contributed by atoms with E-state index in [2.05, 4.69) is 17.9 Å². The van der Waals surface area contributed by atoms with Gasteiger partial charge in [-0.15, -0.1) is 0 Å². The number of carbonyl (C=O) groups excluding carboxylic acids is 2. The molecule has 5 heteroatoms. The second kappa shape index (κ2) is 5.11. The smallest absolute Gasteiger partial charge is 0.241 e. The second-order valence-electron chi connectivity index (χ2n) is 3.02. The maximum atomic E-state index is 11.4.